The van der Waals surface area contributed by atoms with Crippen LogP contribution in [0.5, 0.6) is 0 Å². The average molecular weight is 266 g/mol. The van der Waals surface area contributed by atoms with Crippen LogP contribution < -0.4 is 5.32 Å². The maximum Gasteiger partial charge on any atom is 0.219 e. The van der Waals surface area contributed by atoms with Crippen molar-refractivity contribution in [1.29, 1.82) is 0 Å². The van der Waals surface area contributed by atoms with E-state index in [0.717, 1.165) is 13.1 Å². The van der Waals surface area contributed by atoms with Gasteiger partial charge in [0.25, 0.3) is 0 Å². The Hall–Kier alpha value is -0.570. The summed E-state index contributed by atoms with van der Waals surface area (Å²) in [5.74, 6) is 0.955. The van der Waals surface area contributed by atoms with E-state index in [2.05, 4.69) is 17.1 Å². The van der Waals surface area contributed by atoms with Crippen LogP contribution in [0.2, 0.25) is 0 Å². The van der Waals surface area contributed by atoms with Crippen molar-refractivity contribution in [1.82, 2.24) is 10.2 Å². The highest BCUT2D eigenvalue weighted by Crippen LogP contribution is 2.25. The number of nitrogens with one attached hydrogen (secondary N) is 1. The second-order valence-electron chi connectivity index (χ2n) is 6.51. The predicted molar refractivity (Wildman–Crippen MR) is 79.1 cm³/mol. The molecule has 2 aliphatic rings. The van der Waals surface area contributed by atoms with E-state index in [1.165, 1.54) is 51.4 Å². The first kappa shape index (κ1) is 14.8. The first-order valence-corrected chi connectivity index (χ1v) is 8.20. The van der Waals surface area contributed by atoms with E-state index >= 15 is 0 Å². The Labute approximate surface area is 118 Å². The Balaban J connectivity index is 1.87. The van der Waals surface area contributed by atoms with Crippen LogP contribution in [0.25, 0.3) is 0 Å². The van der Waals surface area contributed by atoms with Gasteiger partial charge in [0, 0.05) is 32.1 Å². The van der Waals surface area contributed by atoms with E-state index in [1.807, 2.05) is 0 Å². The Morgan fingerprint density at radius 1 is 1.21 bits per heavy atom. The Morgan fingerprint density at radius 2 is 1.95 bits per heavy atom. The van der Waals surface area contributed by atoms with Crippen molar-refractivity contribution >= 4 is 5.91 Å². The number of hydrogen-bond donors (Lipinski definition) is 1. The molecule has 0 aromatic carbocycles. The van der Waals surface area contributed by atoms with Gasteiger partial charge in [-0.3, -0.25) is 4.79 Å². The zero-order chi connectivity index (χ0) is 13.7. The molecule has 0 aromatic rings. The molecule has 1 aliphatic heterocycles. The fraction of sp³-hybridized carbons (Fsp3) is 0.938. The highest BCUT2D eigenvalue weighted by atomic mass is 16.2. The van der Waals surface area contributed by atoms with Crippen molar-refractivity contribution in [3.63, 3.8) is 0 Å². The molecule has 2 fully saturated rings. The molecule has 1 heterocycles. The molecular formula is C16H30N2O. The number of carbonyl (C=O) groups is 1. The molecule has 0 aromatic heterocycles. The number of likely N-dealkylation sites (tertiary alicyclic amines) is 1. The summed E-state index contributed by atoms with van der Waals surface area (Å²) in [7, 11) is 0. The lowest BCUT2D eigenvalue weighted by molar-refractivity contribution is -0.131. The number of nitrogens with zero attached hydrogens (tertiary/aromatic N) is 1. The molecular weight excluding hydrogens is 236 g/mol. The molecule has 0 spiro atoms. The summed E-state index contributed by atoms with van der Waals surface area (Å²) in [6.45, 7) is 5.88. The van der Waals surface area contributed by atoms with Gasteiger partial charge in [0.15, 0.2) is 0 Å². The molecule has 2 unspecified atom stereocenters. The first-order chi connectivity index (χ1) is 9.19. The van der Waals surface area contributed by atoms with Crippen molar-refractivity contribution in [2.45, 2.75) is 77.3 Å². The van der Waals surface area contributed by atoms with E-state index in [-0.39, 0.29) is 5.91 Å². The zero-order valence-electron chi connectivity index (χ0n) is 12.7. The van der Waals surface area contributed by atoms with E-state index in [1.54, 1.807) is 6.92 Å². The van der Waals surface area contributed by atoms with Gasteiger partial charge < -0.3 is 10.2 Å². The summed E-state index contributed by atoms with van der Waals surface area (Å²) in [5, 5.41) is 3.82. The van der Waals surface area contributed by atoms with Crippen molar-refractivity contribution in [3.8, 4) is 0 Å². The molecule has 1 N–H and O–H groups in total. The van der Waals surface area contributed by atoms with Crippen LogP contribution in [0, 0.1) is 5.92 Å². The number of amides is 1. The summed E-state index contributed by atoms with van der Waals surface area (Å²) in [6.07, 6.45) is 10.5. The molecule has 1 aliphatic carbocycles. The van der Waals surface area contributed by atoms with Crippen LogP contribution in [0.3, 0.4) is 0 Å². The minimum Gasteiger partial charge on any atom is -0.341 e. The number of hydrogen-bond acceptors (Lipinski definition) is 2. The molecule has 1 saturated carbocycles. The number of unbranched alkanes of at least 4 members (excludes halogenated alkanes) is 1. The summed E-state index contributed by atoms with van der Waals surface area (Å²) in [5.41, 5.74) is 0. The largest absolute Gasteiger partial charge is 0.341 e. The SMILES string of the molecule is CCCCC1CC(NC2CCCC2)CN(C(C)=O)C1. The Kier molecular flexibility index (Phi) is 5.68. The Bertz CT molecular complexity index is 286. The number of carbonyl (C=O) groups excluding carboxylic acids is 1. The molecule has 2 rings (SSSR count). The molecule has 110 valence electrons. The van der Waals surface area contributed by atoms with Gasteiger partial charge in [-0.15, -0.1) is 0 Å². The van der Waals surface area contributed by atoms with Crippen LogP contribution in [0.1, 0.15) is 65.2 Å². The first-order valence-electron chi connectivity index (χ1n) is 8.20. The quantitative estimate of drug-likeness (QED) is 0.830. The van der Waals surface area contributed by atoms with Crippen molar-refractivity contribution in [2.75, 3.05) is 13.1 Å². The molecule has 2 atom stereocenters. The maximum absolute atomic E-state index is 11.7. The summed E-state index contributed by atoms with van der Waals surface area (Å²) < 4.78 is 0. The molecule has 19 heavy (non-hydrogen) atoms. The van der Waals surface area contributed by atoms with Gasteiger partial charge in [0.1, 0.15) is 0 Å². The lowest BCUT2D eigenvalue weighted by atomic mass is 9.89. The minimum absolute atomic E-state index is 0.249. The molecule has 0 bridgehead atoms. The van der Waals surface area contributed by atoms with E-state index in [0.29, 0.717) is 18.0 Å². The summed E-state index contributed by atoms with van der Waals surface area (Å²) in [6, 6.07) is 1.24. The van der Waals surface area contributed by atoms with E-state index in [4.69, 9.17) is 0 Å². The van der Waals surface area contributed by atoms with Crippen molar-refractivity contribution in [3.05, 3.63) is 0 Å². The van der Waals surface area contributed by atoms with Crippen LogP contribution >= 0.6 is 0 Å². The average Bonchev–Trinajstić information content (AvgIpc) is 2.89. The van der Waals surface area contributed by atoms with Crippen LogP contribution in [-0.2, 0) is 4.79 Å². The Morgan fingerprint density at radius 3 is 2.58 bits per heavy atom. The van der Waals surface area contributed by atoms with Gasteiger partial charge in [-0.2, -0.15) is 0 Å². The smallest absolute Gasteiger partial charge is 0.219 e. The minimum atomic E-state index is 0.249. The van der Waals surface area contributed by atoms with Gasteiger partial charge in [-0.25, -0.2) is 0 Å². The lowest BCUT2D eigenvalue weighted by Gasteiger charge is -2.39. The zero-order valence-corrected chi connectivity index (χ0v) is 12.7. The highest BCUT2D eigenvalue weighted by Gasteiger charge is 2.30. The molecule has 3 heteroatoms. The van der Waals surface area contributed by atoms with Crippen LogP contribution in [-0.4, -0.2) is 36.0 Å². The third-order valence-corrected chi connectivity index (χ3v) is 4.78. The van der Waals surface area contributed by atoms with Crippen LogP contribution in [0.4, 0.5) is 0 Å². The van der Waals surface area contributed by atoms with Gasteiger partial charge in [0.05, 0.1) is 0 Å². The van der Waals surface area contributed by atoms with Crippen LogP contribution in [0.15, 0.2) is 0 Å². The monoisotopic (exact) mass is 266 g/mol. The fourth-order valence-corrected chi connectivity index (χ4v) is 3.71. The van der Waals surface area contributed by atoms with Crippen molar-refractivity contribution in [2.24, 2.45) is 5.92 Å². The standard InChI is InChI=1S/C16H30N2O/c1-3-4-7-14-10-16(12-18(11-14)13(2)19)17-15-8-5-6-9-15/h14-17H,3-12H2,1-2H3. The topological polar surface area (TPSA) is 32.3 Å². The van der Waals surface area contributed by atoms with E-state index in [9.17, 15) is 4.79 Å². The summed E-state index contributed by atoms with van der Waals surface area (Å²) in [4.78, 5) is 13.8. The predicted octanol–water partition coefficient (Wildman–Crippen LogP) is 2.95. The third kappa shape index (κ3) is 4.48. The fourth-order valence-electron chi connectivity index (χ4n) is 3.71. The second-order valence-corrected chi connectivity index (χ2v) is 6.51. The number of rotatable bonds is 5. The number of piperidine rings is 1. The van der Waals surface area contributed by atoms with Gasteiger partial charge in [-0.05, 0) is 31.6 Å². The molecule has 1 amide bonds. The van der Waals surface area contributed by atoms with Gasteiger partial charge >= 0.3 is 0 Å². The molecule has 1 saturated heterocycles. The van der Waals surface area contributed by atoms with Gasteiger partial charge in [0.2, 0.25) is 5.91 Å². The van der Waals surface area contributed by atoms with Crippen molar-refractivity contribution < 1.29 is 4.79 Å². The molecule has 3 nitrogen and oxygen atoms in total. The van der Waals surface area contributed by atoms with Gasteiger partial charge in [-0.1, -0.05) is 32.6 Å². The highest BCUT2D eigenvalue weighted by molar-refractivity contribution is 5.73. The molecule has 0 radical (unpaired) electrons. The third-order valence-electron chi connectivity index (χ3n) is 4.78. The maximum atomic E-state index is 11.7. The summed E-state index contributed by atoms with van der Waals surface area (Å²) >= 11 is 0. The normalized spacial score (nSPS) is 28.8. The second kappa shape index (κ2) is 7.28. The lowest BCUT2D eigenvalue weighted by Crippen LogP contribution is -2.52. The van der Waals surface area contributed by atoms with E-state index < -0.39 is 0 Å².